The van der Waals surface area contributed by atoms with Gasteiger partial charge in [-0.2, -0.15) is 5.26 Å². The van der Waals surface area contributed by atoms with E-state index in [-0.39, 0.29) is 19.1 Å². The van der Waals surface area contributed by atoms with Crippen LogP contribution in [0.4, 0.5) is 0 Å². The normalized spacial score (nSPS) is 18.2. The van der Waals surface area contributed by atoms with Crippen LogP contribution in [0.3, 0.4) is 0 Å². The lowest BCUT2D eigenvalue weighted by molar-refractivity contribution is -0.122. The number of unbranched alkanes of at least 4 members (excludes halogenated alkanes) is 1. The first kappa shape index (κ1) is 21.2. The summed E-state index contributed by atoms with van der Waals surface area (Å²) in [6.07, 6.45) is 11.8. The number of allylic oxidation sites excluding steroid dienone is 3. The first-order valence-corrected chi connectivity index (χ1v) is 9.57. The quantitative estimate of drug-likeness (QED) is 0.536. The van der Waals surface area contributed by atoms with Crippen molar-refractivity contribution in [3.05, 3.63) is 23.4 Å². The molecule has 25 heavy (non-hydrogen) atoms. The number of nitrogens with zero attached hydrogens (tertiary/aromatic N) is 1. The Balaban J connectivity index is 2.64. The fraction of sp³-hybridized carbons (Fsp3) is 0.700. The molecule has 1 amide bonds. The molecule has 140 valence electrons. The molecule has 0 aliphatic heterocycles. The second-order valence-electron chi connectivity index (χ2n) is 6.68. The molecule has 1 aliphatic carbocycles. The molecular formula is C20H33N3O2. The smallest absolute Gasteiger partial charge is 0.241 e. The average molecular weight is 348 g/mol. The van der Waals surface area contributed by atoms with E-state index in [0.29, 0.717) is 5.92 Å². The molecule has 0 radical (unpaired) electrons. The molecule has 0 bridgehead atoms. The molecule has 0 saturated carbocycles. The highest BCUT2D eigenvalue weighted by Crippen LogP contribution is 2.23. The van der Waals surface area contributed by atoms with Gasteiger partial charge in [-0.1, -0.05) is 39.2 Å². The van der Waals surface area contributed by atoms with Gasteiger partial charge < -0.3 is 15.7 Å². The first-order chi connectivity index (χ1) is 12.1. The lowest BCUT2D eigenvalue weighted by Crippen LogP contribution is -2.31. The van der Waals surface area contributed by atoms with Crippen molar-refractivity contribution in [1.82, 2.24) is 10.6 Å². The molecule has 3 N–H and O–H groups in total. The molecule has 0 fully saturated rings. The van der Waals surface area contributed by atoms with Crippen molar-refractivity contribution in [2.24, 2.45) is 11.8 Å². The zero-order valence-corrected chi connectivity index (χ0v) is 15.7. The van der Waals surface area contributed by atoms with Gasteiger partial charge in [-0.05, 0) is 43.3 Å². The second-order valence-corrected chi connectivity index (χ2v) is 6.68. The van der Waals surface area contributed by atoms with Crippen molar-refractivity contribution >= 4 is 5.91 Å². The molecule has 1 aliphatic rings. The third kappa shape index (κ3) is 8.22. The predicted molar refractivity (Wildman–Crippen MR) is 101 cm³/mol. The van der Waals surface area contributed by atoms with Crippen molar-refractivity contribution < 1.29 is 9.90 Å². The maximum absolute atomic E-state index is 11.9. The summed E-state index contributed by atoms with van der Waals surface area (Å²) in [6.45, 7) is 5.52. The SMILES string of the molecule is CCCCC(CC)CNC1=C/C(=C\C(C#N)C(=O)NCCO)CCC1. The minimum atomic E-state index is -0.801. The van der Waals surface area contributed by atoms with E-state index in [1.165, 1.54) is 31.4 Å². The van der Waals surface area contributed by atoms with Gasteiger partial charge in [-0.15, -0.1) is 0 Å². The van der Waals surface area contributed by atoms with Crippen LogP contribution in [0.15, 0.2) is 23.4 Å². The third-order valence-corrected chi connectivity index (χ3v) is 4.65. The Morgan fingerprint density at radius 2 is 2.24 bits per heavy atom. The van der Waals surface area contributed by atoms with E-state index in [1.807, 2.05) is 6.07 Å². The van der Waals surface area contributed by atoms with E-state index in [4.69, 9.17) is 5.11 Å². The van der Waals surface area contributed by atoms with Crippen molar-refractivity contribution in [2.75, 3.05) is 19.7 Å². The zero-order valence-electron chi connectivity index (χ0n) is 15.7. The highest BCUT2D eigenvalue weighted by molar-refractivity contribution is 5.83. The molecule has 0 aromatic rings. The Morgan fingerprint density at radius 1 is 1.44 bits per heavy atom. The van der Waals surface area contributed by atoms with Gasteiger partial charge in [-0.25, -0.2) is 0 Å². The number of carbonyl (C=O) groups is 1. The standard InChI is InChI=1S/C20H33N3O2/c1-3-5-7-16(4-2)15-23-19-9-6-8-17(13-19)12-18(14-21)20(25)22-10-11-24/h12-13,16,18,23-24H,3-11,15H2,1-2H3,(H,22,25)/b17-12-. The highest BCUT2D eigenvalue weighted by atomic mass is 16.3. The van der Waals surface area contributed by atoms with Gasteiger partial charge in [-0.3, -0.25) is 4.79 Å². The molecule has 0 spiro atoms. The van der Waals surface area contributed by atoms with Crippen LogP contribution in [0.1, 0.15) is 58.8 Å². The zero-order chi connectivity index (χ0) is 18.5. The van der Waals surface area contributed by atoms with E-state index in [0.717, 1.165) is 31.4 Å². The number of rotatable bonds is 11. The van der Waals surface area contributed by atoms with E-state index in [1.54, 1.807) is 6.08 Å². The van der Waals surface area contributed by atoms with Gasteiger partial charge in [0.25, 0.3) is 0 Å². The number of nitrogens with one attached hydrogen (secondary N) is 2. The first-order valence-electron chi connectivity index (χ1n) is 9.57. The van der Waals surface area contributed by atoms with E-state index in [9.17, 15) is 10.1 Å². The Bertz CT molecular complexity index is 506. The van der Waals surface area contributed by atoms with Crippen LogP contribution in [-0.2, 0) is 4.79 Å². The summed E-state index contributed by atoms with van der Waals surface area (Å²) in [5.41, 5.74) is 2.25. The summed E-state index contributed by atoms with van der Waals surface area (Å²) in [7, 11) is 0. The summed E-state index contributed by atoms with van der Waals surface area (Å²) < 4.78 is 0. The van der Waals surface area contributed by atoms with Crippen molar-refractivity contribution in [3.8, 4) is 6.07 Å². The molecule has 5 heteroatoms. The molecule has 0 saturated heterocycles. The summed E-state index contributed by atoms with van der Waals surface area (Å²) >= 11 is 0. The summed E-state index contributed by atoms with van der Waals surface area (Å²) in [6, 6.07) is 2.04. The Labute approximate surface area is 152 Å². The average Bonchev–Trinajstić information content (AvgIpc) is 2.64. The largest absolute Gasteiger partial charge is 0.395 e. The molecular weight excluding hydrogens is 314 g/mol. The molecule has 0 aromatic carbocycles. The van der Waals surface area contributed by atoms with Gasteiger partial charge in [0, 0.05) is 18.8 Å². The van der Waals surface area contributed by atoms with Crippen LogP contribution >= 0.6 is 0 Å². The lowest BCUT2D eigenvalue weighted by atomic mass is 9.94. The topological polar surface area (TPSA) is 85.2 Å². The van der Waals surface area contributed by atoms with Gasteiger partial charge in [0.2, 0.25) is 5.91 Å². The molecule has 2 unspecified atom stereocenters. The molecule has 1 rings (SSSR count). The van der Waals surface area contributed by atoms with E-state index < -0.39 is 5.92 Å². The fourth-order valence-electron chi connectivity index (χ4n) is 3.02. The minimum absolute atomic E-state index is 0.120. The summed E-state index contributed by atoms with van der Waals surface area (Å²) in [4.78, 5) is 11.9. The number of hydrogen-bond donors (Lipinski definition) is 3. The van der Waals surface area contributed by atoms with Crippen molar-refractivity contribution in [1.29, 1.82) is 5.26 Å². The van der Waals surface area contributed by atoms with Gasteiger partial charge >= 0.3 is 0 Å². The van der Waals surface area contributed by atoms with Crippen LogP contribution in [-0.4, -0.2) is 30.7 Å². The molecule has 0 aromatic heterocycles. The number of amides is 1. The molecule has 5 nitrogen and oxygen atoms in total. The van der Waals surface area contributed by atoms with E-state index >= 15 is 0 Å². The minimum Gasteiger partial charge on any atom is -0.395 e. The fourth-order valence-corrected chi connectivity index (χ4v) is 3.02. The third-order valence-electron chi connectivity index (χ3n) is 4.65. The number of aliphatic hydroxyl groups excluding tert-OH is 1. The van der Waals surface area contributed by atoms with Crippen LogP contribution in [0.25, 0.3) is 0 Å². The Kier molecular flexibility index (Phi) is 10.7. The number of carbonyl (C=O) groups excluding carboxylic acids is 1. The molecule has 0 heterocycles. The maximum atomic E-state index is 11.9. The van der Waals surface area contributed by atoms with Crippen LogP contribution in [0.5, 0.6) is 0 Å². The Hall–Kier alpha value is -1.80. The monoisotopic (exact) mass is 347 g/mol. The van der Waals surface area contributed by atoms with Gasteiger partial charge in [0.05, 0.1) is 12.7 Å². The Morgan fingerprint density at radius 3 is 2.88 bits per heavy atom. The van der Waals surface area contributed by atoms with Crippen molar-refractivity contribution in [2.45, 2.75) is 58.8 Å². The van der Waals surface area contributed by atoms with Crippen LogP contribution < -0.4 is 10.6 Å². The van der Waals surface area contributed by atoms with Gasteiger partial charge in [0.1, 0.15) is 5.92 Å². The van der Waals surface area contributed by atoms with Gasteiger partial charge in [0.15, 0.2) is 0 Å². The van der Waals surface area contributed by atoms with E-state index in [2.05, 4.69) is 30.6 Å². The number of aliphatic hydroxyl groups is 1. The number of hydrogen-bond acceptors (Lipinski definition) is 4. The highest BCUT2D eigenvalue weighted by Gasteiger charge is 2.17. The lowest BCUT2D eigenvalue weighted by Gasteiger charge is -2.21. The van der Waals surface area contributed by atoms with Crippen molar-refractivity contribution in [3.63, 3.8) is 0 Å². The second kappa shape index (κ2) is 12.5. The van der Waals surface area contributed by atoms with Crippen LogP contribution in [0, 0.1) is 23.2 Å². The maximum Gasteiger partial charge on any atom is 0.241 e. The van der Waals surface area contributed by atoms with Crippen LogP contribution in [0.2, 0.25) is 0 Å². The number of nitriles is 1. The predicted octanol–water partition coefficient (Wildman–Crippen LogP) is 3.03. The summed E-state index contributed by atoms with van der Waals surface area (Å²) in [5, 5.41) is 24.1. The molecule has 2 atom stereocenters. The summed E-state index contributed by atoms with van der Waals surface area (Å²) in [5.74, 6) is -0.445.